The van der Waals surface area contributed by atoms with Crippen LogP contribution in [0, 0.1) is 0 Å². The van der Waals surface area contributed by atoms with Crippen molar-refractivity contribution >= 4 is 5.91 Å². The van der Waals surface area contributed by atoms with Crippen LogP contribution in [-0.4, -0.2) is 50.6 Å². The SMILES string of the molecule is C[NH+]1CCN(C(=O)c2ccc(C[NH+]3CCc4ccccc4C3)cc2)CC1. The van der Waals surface area contributed by atoms with Crippen LogP contribution in [0.5, 0.6) is 0 Å². The summed E-state index contributed by atoms with van der Waals surface area (Å²) in [6.45, 7) is 7.13. The Kier molecular flexibility index (Phi) is 5.05. The summed E-state index contributed by atoms with van der Waals surface area (Å²) in [4.78, 5) is 17.8. The minimum atomic E-state index is 0.184. The molecule has 2 aliphatic heterocycles. The number of nitrogens with zero attached hydrogens (tertiary/aromatic N) is 1. The zero-order chi connectivity index (χ0) is 17.9. The van der Waals surface area contributed by atoms with Crippen molar-refractivity contribution in [2.75, 3.05) is 39.8 Å². The highest BCUT2D eigenvalue weighted by molar-refractivity contribution is 5.94. The molecule has 1 atom stereocenters. The number of hydrogen-bond acceptors (Lipinski definition) is 1. The molecule has 2 aromatic rings. The Labute approximate surface area is 156 Å². The lowest BCUT2D eigenvalue weighted by molar-refractivity contribution is -0.929. The van der Waals surface area contributed by atoms with Crippen molar-refractivity contribution in [3.63, 3.8) is 0 Å². The molecule has 4 rings (SSSR count). The summed E-state index contributed by atoms with van der Waals surface area (Å²) < 4.78 is 0. The normalized spacial score (nSPS) is 20.7. The topological polar surface area (TPSA) is 29.2 Å². The largest absolute Gasteiger partial charge is 0.334 e. The van der Waals surface area contributed by atoms with Gasteiger partial charge in [0.2, 0.25) is 0 Å². The van der Waals surface area contributed by atoms with Gasteiger partial charge in [0.05, 0.1) is 39.8 Å². The highest BCUT2D eigenvalue weighted by Crippen LogP contribution is 2.12. The number of fused-ring (bicyclic) bond motifs is 1. The van der Waals surface area contributed by atoms with Gasteiger partial charge in [0, 0.05) is 23.1 Å². The first kappa shape index (κ1) is 17.3. The van der Waals surface area contributed by atoms with E-state index in [1.54, 1.807) is 4.90 Å². The summed E-state index contributed by atoms with van der Waals surface area (Å²) in [5.41, 5.74) is 5.13. The van der Waals surface area contributed by atoms with Gasteiger partial charge in [-0.3, -0.25) is 4.79 Å². The molecule has 2 N–H and O–H groups in total. The van der Waals surface area contributed by atoms with Crippen LogP contribution in [0.15, 0.2) is 48.5 Å². The summed E-state index contributed by atoms with van der Waals surface area (Å²) >= 11 is 0. The molecule has 4 nitrogen and oxygen atoms in total. The van der Waals surface area contributed by atoms with Crippen LogP contribution < -0.4 is 9.80 Å². The second-order valence-electron chi connectivity index (χ2n) is 7.82. The summed E-state index contributed by atoms with van der Waals surface area (Å²) in [6.07, 6.45) is 1.16. The Morgan fingerprint density at radius 2 is 1.65 bits per heavy atom. The van der Waals surface area contributed by atoms with E-state index in [9.17, 15) is 4.79 Å². The highest BCUT2D eigenvalue weighted by atomic mass is 16.2. The number of hydrogen-bond donors (Lipinski definition) is 2. The van der Waals surface area contributed by atoms with E-state index in [0.29, 0.717) is 0 Å². The Balaban J connectivity index is 1.37. The van der Waals surface area contributed by atoms with Gasteiger partial charge in [-0.2, -0.15) is 0 Å². The summed E-state index contributed by atoms with van der Waals surface area (Å²) in [5, 5.41) is 0. The van der Waals surface area contributed by atoms with Crippen molar-refractivity contribution in [3.05, 3.63) is 70.8 Å². The van der Waals surface area contributed by atoms with Crippen molar-refractivity contribution < 1.29 is 14.6 Å². The number of likely N-dealkylation sites (N-methyl/N-ethyl adjacent to an activating group) is 1. The molecule has 0 aliphatic carbocycles. The fourth-order valence-corrected chi connectivity index (χ4v) is 4.12. The standard InChI is InChI=1S/C22H27N3O/c1-23-12-14-25(15-13-23)22(26)20-8-6-18(7-9-20)16-24-11-10-19-4-2-3-5-21(19)17-24/h2-9H,10-17H2,1H3/p+2. The number of piperazine rings is 1. The van der Waals surface area contributed by atoms with E-state index in [-0.39, 0.29) is 5.91 Å². The summed E-state index contributed by atoms with van der Waals surface area (Å²) in [5.74, 6) is 0.184. The van der Waals surface area contributed by atoms with Gasteiger partial charge in [-0.05, 0) is 17.7 Å². The second kappa shape index (κ2) is 7.60. The lowest BCUT2D eigenvalue weighted by Crippen LogP contribution is -3.12. The molecule has 2 aliphatic rings. The molecule has 2 heterocycles. The maximum absolute atomic E-state index is 12.7. The van der Waals surface area contributed by atoms with E-state index in [4.69, 9.17) is 0 Å². The number of benzene rings is 2. The smallest absolute Gasteiger partial charge is 0.254 e. The Morgan fingerprint density at radius 1 is 0.962 bits per heavy atom. The maximum atomic E-state index is 12.7. The molecular formula is C22H29N3O+2. The number of amides is 1. The van der Waals surface area contributed by atoms with Crippen molar-refractivity contribution in [1.82, 2.24) is 4.90 Å². The minimum absolute atomic E-state index is 0.184. The third-order valence-corrected chi connectivity index (χ3v) is 5.87. The van der Waals surface area contributed by atoms with Gasteiger partial charge >= 0.3 is 0 Å². The minimum Gasteiger partial charge on any atom is -0.334 e. The highest BCUT2D eigenvalue weighted by Gasteiger charge is 2.23. The maximum Gasteiger partial charge on any atom is 0.254 e. The first-order chi connectivity index (χ1) is 12.7. The van der Waals surface area contributed by atoms with Crippen LogP contribution in [-0.2, 0) is 19.5 Å². The first-order valence-electron chi connectivity index (χ1n) is 9.79. The Bertz CT molecular complexity index is 763. The predicted octanol–water partition coefficient (Wildman–Crippen LogP) is -0.202. The molecule has 1 saturated heterocycles. The average Bonchev–Trinajstić information content (AvgIpc) is 2.68. The van der Waals surface area contributed by atoms with Crippen LogP contribution in [0.4, 0.5) is 0 Å². The molecule has 0 bridgehead atoms. The third kappa shape index (κ3) is 3.81. The average molecular weight is 351 g/mol. The molecule has 1 amide bonds. The van der Waals surface area contributed by atoms with E-state index in [1.165, 1.54) is 28.1 Å². The Hall–Kier alpha value is -2.17. The van der Waals surface area contributed by atoms with Crippen molar-refractivity contribution in [1.29, 1.82) is 0 Å². The molecule has 26 heavy (non-hydrogen) atoms. The van der Waals surface area contributed by atoms with Crippen molar-refractivity contribution in [3.8, 4) is 0 Å². The number of carbonyl (C=O) groups is 1. The summed E-state index contributed by atoms with van der Waals surface area (Å²) in [7, 11) is 2.19. The van der Waals surface area contributed by atoms with Gasteiger partial charge in [0.1, 0.15) is 13.1 Å². The molecule has 4 heteroatoms. The van der Waals surface area contributed by atoms with Crippen molar-refractivity contribution in [2.24, 2.45) is 0 Å². The van der Waals surface area contributed by atoms with Crippen LogP contribution in [0.2, 0.25) is 0 Å². The van der Waals surface area contributed by atoms with Gasteiger partial charge < -0.3 is 14.7 Å². The van der Waals surface area contributed by atoms with Gasteiger partial charge in [-0.1, -0.05) is 36.4 Å². The predicted molar refractivity (Wildman–Crippen MR) is 102 cm³/mol. The van der Waals surface area contributed by atoms with E-state index in [2.05, 4.69) is 43.4 Å². The molecule has 2 aromatic carbocycles. The van der Waals surface area contributed by atoms with Crippen LogP contribution in [0.25, 0.3) is 0 Å². The van der Waals surface area contributed by atoms with E-state index >= 15 is 0 Å². The van der Waals surface area contributed by atoms with Gasteiger partial charge in [-0.25, -0.2) is 0 Å². The monoisotopic (exact) mass is 351 g/mol. The number of quaternary nitrogens is 2. The zero-order valence-electron chi connectivity index (χ0n) is 15.6. The third-order valence-electron chi connectivity index (χ3n) is 5.87. The number of nitrogens with one attached hydrogen (secondary N) is 2. The molecule has 0 spiro atoms. The lowest BCUT2D eigenvalue weighted by atomic mass is 9.99. The molecule has 0 saturated carbocycles. The van der Waals surface area contributed by atoms with Gasteiger partial charge in [0.25, 0.3) is 5.91 Å². The second-order valence-corrected chi connectivity index (χ2v) is 7.82. The Morgan fingerprint density at radius 3 is 2.38 bits per heavy atom. The molecular weight excluding hydrogens is 322 g/mol. The zero-order valence-corrected chi connectivity index (χ0v) is 15.6. The van der Waals surface area contributed by atoms with E-state index in [0.717, 1.165) is 51.3 Å². The van der Waals surface area contributed by atoms with E-state index in [1.807, 2.05) is 17.0 Å². The summed E-state index contributed by atoms with van der Waals surface area (Å²) in [6, 6.07) is 17.1. The van der Waals surface area contributed by atoms with Gasteiger partial charge in [-0.15, -0.1) is 0 Å². The quantitative estimate of drug-likeness (QED) is 0.788. The van der Waals surface area contributed by atoms with E-state index < -0.39 is 0 Å². The molecule has 136 valence electrons. The molecule has 1 unspecified atom stereocenters. The lowest BCUT2D eigenvalue weighted by Gasteiger charge is -2.30. The first-order valence-corrected chi connectivity index (χ1v) is 9.79. The van der Waals surface area contributed by atoms with Gasteiger partial charge in [0.15, 0.2) is 0 Å². The fourth-order valence-electron chi connectivity index (χ4n) is 4.12. The molecule has 1 fully saturated rings. The molecule has 0 radical (unpaired) electrons. The number of carbonyl (C=O) groups excluding carboxylic acids is 1. The van der Waals surface area contributed by atoms with Crippen LogP contribution >= 0.6 is 0 Å². The van der Waals surface area contributed by atoms with Crippen LogP contribution in [0.1, 0.15) is 27.0 Å². The van der Waals surface area contributed by atoms with Crippen LogP contribution in [0.3, 0.4) is 0 Å². The molecule has 0 aromatic heterocycles. The number of rotatable bonds is 3. The fraction of sp³-hybridized carbons (Fsp3) is 0.409. The van der Waals surface area contributed by atoms with Crippen molar-refractivity contribution in [2.45, 2.75) is 19.5 Å².